The quantitative estimate of drug-likeness (QED) is 0.846. The molecule has 0 aliphatic rings. The summed E-state index contributed by atoms with van der Waals surface area (Å²) in [7, 11) is 0. The lowest BCUT2D eigenvalue weighted by Crippen LogP contribution is -2.35. The summed E-state index contributed by atoms with van der Waals surface area (Å²) in [5, 5.41) is 6.14. The molecule has 0 fully saturated rings. The molecule has 96 valence electrons. The molecule has 2 heteroatoms. The number of nitrogens with one attached hydrogen (secondary N) is 1. The van der Waals surface area contributed by atoms with Crippen LogP contribution in [-0.4, -0.2) is 13.1 Å². The Kier molecular flexibility index (Phi) is 4.00. The first-order valence-electron chi connectivity index (χ1n) is 6.50. The number of hydrogen-bond acceptors (Lipinski definition) is 2. The van der Waals surface area contributed by atoms with Gasteiger partial charge in [0.1, 0.15) is 0 Å². The maximum absolute atomic E-state index is 5.74. The van der Waals surface area contributed by atoms with Gasteiger partial charge in [0.05, 0.1) is 0 Å². The lowest BCUT2D eigenvalue weighted by atomic mass is 9.94. The van der Waals surface area contributed by atoms with E-state index in [0.29, 0.717) is 6.54 Å². The van der Waals surface area contributed by atoms with Crippen molar-refractivity contribution in [3.05, 3.63) is 48.0 Å². The standard InChI is InChI=1S/C16H22N2/c1-16(2,11-17)12-18-10-14-8-5-7-13-6-3-4-9-15(13)14/h3-9,18H,10-12,17H2,1-2H3. The van der Waals surface area contributed by atoms with Gasteiger partial charge < -0.3 is 11.1 Å². The van der Waals surface area contributed by atoms with Crippen molar-refractivity contribution in [2.24, 2.45) is 11.1 Å². The minimum Gasteiger partial charge on any atom is -0.330 e. The van der Waals surface area contributed by atoms with Crippen molar-refractivity contribution < 1.29 is 0 Å². The maximum Gasteiger partial charge on any atom is 0.0211 e. The molecule has 0 saturated heterocycles. The van der Waals surface area contributed by atoms with E-state index >= 15 is 0 Å². The molecule has 3 N–H and O–H groups in total. The molecule has 0 unspecified atom stereocenters. The van der Waals surface area contributed by atoms with Gasteiger partial charge in [-0.25, -0.2) is 0 Å². The van der Waals surface area contributed by atoms with Gasteiger partial charge in [-0.3, -0.25) is 0 Å². The molecule has 0 amide bonds. The van der Waals surface area contributed by atoms with E-state index in [0.717, 1.165) is 13.1 Å². The average molecular weight is 242 g/mol. The van der Waals surface area contributed by atoms with Gasteiger partial charge in [-0.15, -0.1) is 0 Å². The van der Waals surface area contributed by atoms with Gasteiger partial charge in [-0.2, -0.15) is 0 Å². The zero-order chi connectivity index (χ0) is 13.0. The normalized spacial score (nSPS) is 11.9. The van der Waals surface area contributed by atoms with E-state index in [2.05, 4.69) is 61.6 Å². The molecular formula is C16H22N2. The summed E-state index contributed by atoms with van der Waals surface area (Å²) in [5.41, 5.74) is 7.24. The van der Waals surface area contributed by atoms with Crippen molar-refractivity contribution in [3.8, 4) is 0 Å². The molecule has 0 bridgehead atoms. The Morgan fingerprint density at radius 1 is 1.06 bits per heavy atom. The third kappa shape index (κ3) is 3.09. The third-order valence-corrected chi connectivity index (χ3v) is 3.35. The molecule has 0 aliphatic heterocycles. The van der Waals surface area contributed by atoms with E-state index < -0.39 is 0 Å². The highest BCUT2D eigenvalue weighted by Crippen LogP contribution is 2.18. The van der Waals surface area contributed by atoms with Crippen molar-refractivity contribution in [3.63, 3.8) is 0 Å². The first-order valence-corrected chi connectivity index (χ1v) is 6.50. The lowest BCUT2D eigenvalue weighted by molar-refractivity contribution is 0.351. The molecule has 2 aromatic rings. The van der Waals surface area contributed by atoms with Gasteiger partial charge >= 0.3 is 0 Å². The number of hydrogen-bond donors (Lipinski definition) is 2. The largest absolute Gasteiger partial charge is 0.330 e. The molecule has 0 atom stereocenters. The van der Waals surface area contributed by atoms with Crippen LogP contribution < -0.4 is 11.1 Å². The van der Waals surface area contributed by atoms with Crippen molar-refractivity contribution in [2.45, 2.75) is 20.4 Å². The highest BCUT2D eigenvalue weighted by Gasteiger charge is 2.14. The smallest absolute Gasteiger partial charge is 0.0211 e. The number of benzene rings is 2. The lowest BCUT2D eigenvalue weighted by Gasteiger charge is -2.23. The fraction of sp³-hybridized carbons (Fsp3) is 0.375. The summed E-state index contributed by atoms with van der Waals surface area (Å²) in [6.07, 6.45) is 0. The summed E-state index contributed by atoms with van der Waals surface area (Å²) in [4.78, 5) is 0. The van der Waals surface area contributed by atoms with E-state index in [1.54, 1.807) is 0 Å². The monoisotopic (exact) mass is 242 g/mol. The Morgan fingerprint density at radius 2 is 1.78 bits per heavy atom. The molecule has 0 heterocycles. The Bertz CT molecular complexity index is 512. The molecule has 2 rings (SSSR count). The van der Waals surface area contributed by atoms with Crippen molar-refractivity contribution in [2.75, 3.05) is 13.1 Å². The van der Waals surface area contributed by atoms with Crippen LogP contribution in [0.1, 0.15) is 19.4 Å². The molecule has 0 radical (unpaired) electrons. The summed E-state index contributed by atoms with van der Waals surface area (Å²) in [6, 6.07) is 15.0. The Balaban J connectivity index is 2.08. The molecule has 0 saturated carbocycles. The van der Waals surface area contributed by atoms with E-state index in [4.69, 9.17) is 5.73 Å². The first-order chi connectivity index (χ1) is 8.62. The second-order valence-corrected chi connectivity index (χ2v) is 5.61. The van der Waals surface area contributed by atoms with Crippen LogP contribution in [-0.2, 0) is 6.54 Å². The Hall–Kier alpha value is -1.38. The van der Waals surface area contributed by atoms with Crippen LogP contribution in [0.4, 0.5) is 0 Å². The maximum atomic E-state index is 5.74. The fourth-order valence-electron chi connectivity index (χ4n) is 2.05. The van der Waals surface area contributed by atoms with Crippen molar-refractivity contribution in [1.82, 2.24) is 5.32 Å². The van der Waals surface area contributed by atoms with Crippen LogP contribution in [0.2, 0.25) is 0 Å². The molecule has 0 aromatic heterocycles. The molecule has 2 aromatic carbocycles. The van der Waals surface area contributed by atoms with Gasteiger partial charge in [0.25, 0.3) is 0 Å². The fourth-order valence-corrected chi connectivity index (χ4v) is 2.05. The molecular weight excluding hydrogens is 220 g/mol. The zero-order valence-electron chi connectivity index (χ0n) is 11.2. The summed E-state index contributed by atoms with van der Waals surface area (Å²) in [5.74, 6) is 0. The van der Waals surface area contributed by atoms with Gasteiger partial charge in [0.15, 0.2) is 0 Å². The summed E-state index contributed by atoms with van der Waals surface area (Å²) < 4.78 is 0. The summed E-state index contributed by atoms with van der Waals surface area (Å²) >= 11 is 0. The van der Waals surface area contributed by atoms with Gasteiger partial charge in [-0.1, -0.05) is 56.3 Å². The summed E-state index contributed by atoms with van der Waals surface area (Å²) in [6.45, 7) is 6.90. The van der Waals surface area contributed by atoms with Gasteiger partial charge in [0, 0.05) is 13.1 Å². The first kappa shape index (κ1) is 13.1. The van der Waals surface area contributed by atoms with E-state index in [1.807, 2.05) is 0 Å². The van der Waals surface area contributed by atoms with Gasteiger partial charge in [0.2, 0.25) is 0 Å². The second-order valence-electron chi connectivity index (χ2n) is 5.61. The van der Waals surface area contributed by atoms with E-state index in [9.17, 15) is 0 Å². The van der Waals surface area contributed by atoms with Crippen LogP contribution in [0.15, 0.2) is 42.5 Å². The van der Waals surface area contributed by atoms with E-state index in [1.165, 1.54) is 16.3 Å². The average Bonchev–Trinajstić information content (AvgIpc) is 2.39. The minimum absolute atomic E-state index is 0.157. The van der Waals surface area contributed by atoms with Crippen LogP contribution >= 0.6 is 0 Å². The topological polar surface area (TPSA) is 38.0 Å². The SMILES string of the molecule is CC(C)(CN)CNCc1cccc2ccccc12. The molecule has 0 aliphatic carbocycles. The highest BCUT2D eigenvalue weighted by molar-refractivity contribution is 5.85. The predicted octanol–water partition coefficient (Wildman–Crippen LogP) is 2.91. The Morgan fingerprint density at radius 3 is 2.56 bits per heavy atom. The van der Waals surface area contributed by atoms with Gasteiger partial charge in [-0.05, 0) is 28.3 Å². The van der Waals surface area contributed by atoms with Crippen LogP contribution in [0, 0.1) is 5.41 Å². The highest BCUT2D eigenvalue weighted by atomic mass is 14.9. The van der Waals surface area contributed by atoms with E-state index in [-0.39, 0.29) is 5.41 Å². The third-order valence-electron chi connectivity index (χ3n) is 3.35. The van der Waals surface area contributed by atoms with Crippen LogP contribution in [0.5, 0.6) is 0 Å². The molecule has 2 nitrogen and oxygen atoms in total. The molecule has 0 spiro atoms. The van der Waals surface area contributed by atoms with Crippen molar-refractivity contribution >= 4 is 10.8 Å². The minimum atomic E-state index is 0.157. The second kappa shape index (κ2) is 5.51. The predicted molar refractivity (Wildman–Crippen MR) is 78.5 cm³/mol. The zero-order valence-corrected chi connectivity index (χ0v) is 11.2. The number of fused-ring (bicyclic) bond motifs is 1. The Labute approximate surface area is 109 Å². The van der Waals surface area contributed by atoms with Crippen LogP contribution in [0.25, 0.3) is 10.8 Å². The van der Waals surface area contributed by atoms with Crippen LogP contribution in [0.3, 0.4) is 0 Å². The van der Waals surface area contributed by atoms with Crippen molar-refractivity contribution in [1.29, 1.82) is 0 Å². The molecule has 18 heavy (non-hydrogen) atoms. The number of nitrogens with two attached hydrogens (primary N) is 1. The number of rotatable bonds is 5.